The maximum atomic E-state index is 11.3. The summed E-state index contributed by atoms with van der Waals surface area (Å²) in [5.74, 6) is -0.638. The lowest BCUT2D eigenvalue weighted by molar-refractivity contribution is -0.132. The van der Waals surface area contributed by atoms with Crippen LogP contribution in [0, 0.1) is 0 Å². The van der Waals surface area contributed by atoms with Crippen molar-refractivity contribution in [1.82, 2.24) is 0 Å². The number of hydrogen-bond donors (Lipinski definition) is 1. The van der Waals surface area contributed by atoms with Crippen LogP contribution in [0.4, 0.5) is 0 Å². The van der Waals surface area contributed by atoms with Crippen molar-refractivity contribution in [3.63, 3.8) is 0 Å². The molecule has 3 heteroatoms. The van der Waals surface area contributed by atoms with E-state index < -0.39 is 5.97 Å². The van der Waals surface area contributed by atoms with Crippen LogP contribution in [0.2, 0.25) is 0 Å². The molecule has 0 heterocycles. The SMILES string of the molecule is CC(=O)C1=CC(c2ccccc2)=C(C)C1.CC1=C(c2ccccc2)C=C(C(=O)O)C1. The van der Waals surface area contributed by atoms with Crippen molar-refractivity contribution >= 4 is 22.9 Å². The van der Waals surface area contributed by atoms with E-state index in [4.69, 9.17) is 5.11 Å². The Hall–Kier alpha value is -3.46. The summed E-state index contributed by atoms with van der Waals surface area (Å²) in [4.78, 5) is 22.1. The number of Topliss-reactive ketones (excluding diaryl/α,β-unsaturated/α-hetero) is 1. The molecule has 2 aliphatic rings. The van der Waals surface area contributed by atoms with Crippen LogP contribution in [-0.2, 0) is 9.59 Å². The molecule has 2 aromatic carbocycles. The topological polar surface area (TPSA) is 54.4 Å². The number of rotatable bonds is 4. The Bertz CT molecular complexity index is 992. The fourth-order valence-corrected chi connectivity index (χ4v) is 3.72. The van der Waals surface area contributed by atoms with Crippen LogP contribution in [-0.4, -0.2) is 16.9 Å². The minimum Gasteiger partial charge on any atom is -0.478 e. The van der Waals surface area contributed by atoms with Gasteiger partial charge in [0.1, 0.15) is 0 Å². The van der Waals surface area contributed by atoms with Crippen LogP contribution in [0.1, 0.15) is 44.7 Å². The molecule has 3 nitrogen and oxygen atoms in total. The molecule has 0 spiro atoms. The summed E-state index contributed by atoms with van der Waals surface area (Å²) >= 11 is 0. The van der Waals surface area contributed by atoms with Crippen LogP contribution >= 0.6 is 0 Å². The number of benzene rings is 2. The summed E-state index contributed by atoms with van der Waals surface area (Å²) in [5, 5.41) is 8.90. The second-order valence-corrected chi connectivity index (χ2v) is 7.67. The highest BCUT2D eigenvalue weighted by atomic mass is 16.4. The number of aliphatic carboxylic acids is 1. The largest absolute Gasteiger partial charge is 0.478 e. The first-order chi connectivity index (χ1) is 14.4. The number of carboxylic acid groups (broad SMARTS) is 1. The lowest BCUT2D eigenvalue weighted by Crippen LogP contribution is -1.97. The molecule has 0 aromatic heterocycles. The van der Waals surface area contributed by atoms with Crippen LogP contribution in [0.15, 0.2) is 95.1 Å². The molecule has 0 saturated carbocycles. The average molecular weight is 399 g/mol. The highest BCUT2D eigenvalue weighted by molar-refractivity contribution is 6.00. The summed E-state index contributed by atoms with van der Waals surface area (Å²) in [7, 11) is 0. The van der Waals surface area contributed by atoms with Crippen molar-refractivity contribution in [1.29, 1.82) is 0 Å². The first-order valence-electron chi connectivity index (χ1n) is 10.0. The standard InChI is InChI=1S/C14H14O.C13H12O2/c1-10-8-13(11(2)15)9-14(10)12-6-4-3-5-7-12;1-9-7-11(13(14)15)8-12(9)10-5-3-2-4-6-10/h3-7,9H,8H2,1-2H3;2-6,8H,7H2,1H3,(H,14,15). The molecule has 0 unspecified atom stereocenters. The van der Waals surface area contributed by atoms with E-state index in [1.54, 1.807) is 13.0 Å². The fraction of sp³-hybridized carbons (Fsp3) is 0.185. The van der Waals surface area contributed by atoms with E-state index in [0.717, 1.165) is 28.7 Å². The Morgan fingerprint density at radius 3 is 1.43 bits per heavy atom. The molecule has 0 bridgehead atoms. The van der Waals surface area contributed by atoms with Crippen LogP contribution < -0.4 is 0 Å². The Kier molecular flexibility index (Phi) is 6.63. The number of allylic oxidation sites excluding steroid dienone is 7. The molecule has 2 aromatic rings. The van der Waals surface area contributed by atoms with Crippen molar-refractivity contribution in [2.45, 2.75) is 33.6 Å². The minimum absolute atomic E-state index is 0.181. The lowest BCUT2D eigenvalue weighted by atomic mass is 10.0. The van der Waals surface area contributed by atoms with Crippen LogP contribution in [0.25, 0.3) is 11.1 Å². The predicted molar refractivity (Wildman–Crippen MR) is 122 cm³/mol. The Morgan fingerprint density at radius 2 is 1.10 bits per heavy atom. The molecule has 0 fully saturated rings. The van der Waals surface area contributed by atoms with Gasteiger partial charge in [0.2, 0.25) is 0 Å². The molecule has 1 N–H and O–H groups in total. The number of carbonyl (C=O) groups excluding carboxylic acids is 1. The third-order valence-electron chi connectivity index (χ3n) is 5.36. The monoisotopic (exact) mass is 398 g/mol. The second kappa shape index (κ2) is 9.36. The molecular weight excluding hydrogens is 372 g/mol. The summed E-state index contributed by atoms with van der Waals surface area (Å²) < 4.78 is 0. The first-order valence-corrected chi connectivity index (χ1v) is 10.0. The molecule has 0 amide bonds. The molecule has 2 aliphatic carbocycles. The van der Waals surface area contributed by atoms with E-state index in [-0.39, 0.29) is 5.78 Å². The van der Waals surface area contributed by atoms with Crippen molar-refractivity contribution in [3.8, 4) is 0 Å². The number of ketones is 1. The molecule has 152 valence electrons. The molecule has 0 saturated heterocycles. The Morgan fingerprint density at radius 1 is 0.700 bits per heavy atom. The number of hydrogen-bond acceptors (Lipinski definition) is 2. The van der Waals surface area contributed by atoms with Gasteiger partial charge in [0, 0.05) is 12.0 Å². The van der Waals surface area contributed by atoms with Gasteiger partial charge in [-0.15, -0.1) is 0 Å². The number of carbonyl (C=O) groups is 2. The van der Waals surface area contributed by atoms with Crippen molar-refractivity contribution in [2.75, 3.05) is 0 Å². The van der Waals surface area contributed by atoms with Gasteiger partial charge in [0.25, 0.3) is 0 Å². The number of carboxylic acids is 1. The van der Waals surface area contributed by atoms with E-state index in [2.05, 4.69) is 19.1 Å². The Balaban J connectivity index is 0.000000171. The summed E-state index contributed by atoms with van der Waals surface area (Å²) in [6.07, 6.45) is 5.15. The van der Waals surface area contributed by atoms with Crippen LogP contribution in [0.3, 0.4) is 0 Å². The quantitative estimate of drug-likeness (QED) is 0.662. The maximum Gasteiger partial charge on any atom is 0.331 e. The predicted octanol–water partition coefficient (Wildman–Crippen LogP) is 6.25. The summed E-state index contributed by atoms with van der Waals surface area (Å²) in [5.41, 5.74) is 8.36. The third kappa shape index (κ3) is 4.93. The van der Waals surface area contributed by atoms with Gasteiger partial charge in [-0.2, -0.15) is 0 Å². The molecule has 0 aliphatic heterocycles. The fourth-order valence-electron chi connectivity index (χ4n) is 3.72. The van der Waals surface area contributed by atoms with E-state index in [0.29, 0.717) is 12.0 Å². The van der Waals surface area contributed by atoms with E-state index in [1.807, 2.05) is 61.5 Å². The van der Waals surface area contributed by atoms with Crippen molar-refractivity contribution in [3.05, 3.63) is 106 Å². The zero-order valence-corrected chi connectivity index (χ0v) is 17.6. The van der Waals surface area contributed by atoms with E-state index >= 15 is 0 Å². The van der Waals surface area contributed by atoms with E-state index in [9.17, 15) is 9.59 Å². The van der Waals surface area contributed by atoms with Gasteiger partial charge in [-0.05, 0) is 67.2 Å². The van der Waals surface area contributed by atoms with Gasteiger partial charge in [-0.25, -0.2) is 4.79 Å². The zero-order chi connectivity index (χ0) is 21.7. The first kappa shape index (κ1) is 21.3. The van der Waals surface area contributed by atoms with Crippen molar-refractivity contribution < 1.29 is 14.7 Å². The zero-order valence-electron chi connectivity index (χ0n) is 17.6. The van der Waals surface area contributed by atoms with Gasteiger partial charge < -0.3 is 5.11 Å². The molecule has 4 rings (SSSR count). The summed E-state index contributed by atoms with van der Waals surface area (Å²) in [6.45, 7) is 5.70. The van der Waals surface area contributed by atoms with Gasteiger partial charge in [-0.1, -0.05) is 71.8 Å². The maximum absolute atomic E-state index is 11.3. The highest BCUT2D eigenvalue weighted by Gasteiger charge is 2.18. The molecule has 0 radical (unpaired) electrons. The smallest absolute Gasteiger partial charge is 0.331 e. The third-order valence-corrected chi connectivity index (χ3v) is 5.36. The lowest BCUT2D eigenvalue weighted by Gasteiger charge is -2.01. The normalized spacial score (nSPS) is 15.4. The summed E-state index contributed by atoms with van der Waals surface area (Å²) in [6, 6.07) is 20.1. The second-order valence-electron chi connectivity index (χ2n) is 7.67. The van der Waals surface area contributed by atoms with Crippen LogP contribution in [0.5, 0.6) is 0 Å². The van der Waals surface area contributed by atoms with E-state index in [1.165, 1.54) is 16.7 Å². The molecular formula is C27H26O3. The van der Waals surface area contributed by atoms with Gasteiger partial charge in [0.05, 0.1) is 0 Å². The van der Waals surface area contributed by atoms with Crippen molar-refractivity contribution in [2.24, 2.45) is 0 Å². The van der Waals surface area contributed by atoms with Gasteiger partial charge in [-0.3, -0.25) is 4.79 Å². The van der Waals surface area contributed by atoms with Gasteiger partial charge >= 0.3 is 5.97 Å². The van der Waals surface area contributed by atoms with Gasteiger partial charge in [0.15, 0.2) is 5.78 Å². The Labute approximate surface area is 177 Å². The average Bonchev–Trinajstić information content (AvgIpc) is 3.33. The highest BCUT2D eigenvalue weighted by Crippen LogP contribution is 2.33. The minimum atomic E-state index is -0.819. The molecule has 0 atom stereocenters. The molecule has 30 heavy (non-hydrogen) atoms.